The number of piperidine rings is 1. The highest BCUT2D eigenvalue weighted by Crippen LogP contribution is 2.31. The number of hydrogen-bond acceptors (Lipinski definition) is 12. The number of nitrogens with one attached hydrogen (secondary N) is 2. The van der Waals surface area contributed by atoms with Gasteiger partial charge in [-0.25, -0.2) is 14.8 Å². The third kappa shape index (κ3) is 8.92. The van der Waals surface area contributed by atoms with Crippen LogP contribution in [0, 0.1) is 12.8 Å². The fourth-order valence-corrected chi connectivity index (χ4v) is 6.59. The third-order valence-electron chi connectivity index (χ3n) is 9.80. The standard InChI is InChI=1S/C37H50N8O7/c1-22-9-11-43(12-10-22)35-41-29(15-33(42-35)40-27-18-44(19-27)24(3)46)34(48)38-16-31(47)30-14-25-7-8-28(50-20-32-23(2)39-21-51-32)13-26(25)17-45(30)36(49)52-37(4,5)6/h7-8,13,15,21-22,27,30-31,47H,9-12,14,16-20H2,1-6H3,(H,38,48)(H,40,41,42)/t30-,31+/m0/s1. The molecule has 6 rings (SSSR count). The largest absolute Gasteiger partial charge is 0.486 e. The Bertz CT molecular complexity index is 1760. The van der Waals surface area contributed by atoms with Gasteiger partial charge in [0.1, 0.15) is 29.5 Å². The van der Waals surface area contributed by atoms with Crippen molar-refractivity contribution in [2.75, 3.05) is 42.9 Å². The highest BCUT2D eigenvalue weighted by Gasteiger charge is 2.37. The molecular weight excluding hydrogens is 668 g/mol. The van der Waals surface area contributed by atoms with Gasteiger partial charge in [-0.05, 0) is 76.1 Å². The van der Waals surface area contributed by atoms with Crippen LogP contribution >= 0.6 is 0 Å². The van der Waals surface area contributed by atoms with Crippen molar-refractivity contribution in [1.82, 2.24) is 30.1 Å². The van der Waals surface area contributed by atoms with E-state index in [1.807, 2.05) is 25.1 Å². The van der Waals surface area contributed by atoms with Gasteiger partial charge in [-0.15, -0.1) is 0 Å². The molecule has 5 heterocycles. The number of aliphatic hydroxyl groups is 1. The summed E-state index contributed by atoms with van der Waals surface area (Å²) < 4.78 is 17.1. The van der Waals surface area contributed by atoms with E-state index >= 15 is 0 Å². The fraction of sp³-hybridized carbons (Fsp3) is 0.568. The van der Waals surface area contributed by atoms with Crippen molar-refractivity contribution >= 4 is 29.7 Å². The monoisotopic (exact) mass is 718 g/mol. The molecule has 3 amide bonds. The van der Waals surface area contributed by atoms with Crippen LogP contribution in [0.3, 0.4) is 0 Å². The lowest BCUT2D eigenvalue weighted by Crippen LogP contribution is -2.56. The number of rotatable bonds is 10. The summed E-state index contributed by atoms with van der Waals surface area (Å²) in [5, 5.41) is 17.8. The summed E-state index contributed by atoms with van der Waals surface area (Å²) in [6, 6.07) is 6.59. The summed E-state index contributed by atoms with van der Waals surface area (Å²) in [6.45, 7) is 13.9. The van der Waals surface area contributed by atoms with E-state index in [1.54, 1.807) is 38.7 Å². The van der Waals surface area contributed by atoms with Gasteiger partial charge in [0, 0.05) is 52.3 Å². The summed E-state index contributed by atoms with van der Waals surface area (Å²) in [5.41, 5.74) is 1.97. The van der Waals surface area contributed by atoms with E-state index in [1.165, 1.54) is 11.3 Å². The Morgan fingerprint density at radius 3 is 2.52 bits per heavy atom. The van der Waals surface area contributed by atoms with E-state index in [-0.39, 0.29) is 37.3 Å². The molecule has 3 N–H and O–H groups in total. The summed E-state index contributed by atoms with van der Waals surface area (Å²) in [5.74, 6) is 2.35. The van der Waals surface area contributed by atoms with Gasteiger partial charge in [-0.3, -0.25) is 14.5 Å². The maximum absolute atomic E-state index is 13.6. The number of ether oxygens (including phenoxy) is 2. The second kappa shape index (κ2) is 15.4. The molecule has 0 radical (unpaired) electrons. The molecule has 2 fully saturated rings. The van der Waals surface area contributed by atoms with Crippen LogP contribution in [0.15, 0.2) is 35.1 Å². The molecule has 3 aliphatic heterocycles. The van der Waals surface area contributed by atoms with Crippen LogP contribution in [-0.2, 0) is 29.1 Å². The number of likely N-dealkylation sites (tertiary alicyclic amines) is 1. The van der Waals surface area contributed by atoms with Crippen LogP contribution in [0.1, 0.15) is 80.5 Å². The van der Waals surface area contributed by atoms with Crippen molar-refractivity contribution in [2.45, 2.75) is 97.7 Å². The highest BCUT2D eigenvalue weighted by molar-refractivity contribution is 5.93. The molecule has 1 aromatic carbocycles. The first-order chi connectivity index (χ1) is 24.7. The Morgan fingerprint density at radius 1 is 1.10 bits per heavy atom. The summed E-state index contributed by atoms with van der Waals surface area (Å²) in [4.78, 5) is 57.7. The fourth-order valence-electron chi connectivity index (χ4n) is 6.59. The number of carbonyl (C=O) groups is 3. The van der Waals surface area contributed by atoms with E-state index in [9.17, 15) is 19.5 Å². The van der Waals surface area contributed by atoms with Crippen LogP contribution in [-0.4, -0.2) is 104 Å². The second-order valence-corrected chi connectivity index (χ2v) is 15.1. The van der Waals surface area contributed by atoms with E-state index < -0.39 is 29.7 Å². The molecule has 0 saturated carbocycles. The molecule has 3 aromatic rings. The highest BCUT2D eigenvalue weighted by atomic mass is 16.6. The van der Waals surface area contributed by atoms with Crippen molar-refractivity contribution in [3.05, 3.63) is 58.9 Å². The SMILES string of the molecule is CC(=O)N1CC(Nc2cc(C(=O)NC[C@@H](O)[C@@H]3Cc4ccc(OCc5ocnc5C)cc4CN3C(=O)OC(C)(C)C)nc(N3CCC(C)CC3)n2)C1. The number of anilines is 2. The van der Waals surface area contributed by atoms with Crippen molar-refractivity contribution < 1.29 is 33.4 Å². The first-order valence-corrected chi connectivity index (χ1v) is 18.0. The van der Waals surface area contributed by atoms with Gasteiger partial charge >= 0.3 is 6.09 Å². The summed E-state index contributed by atoms with van der Waals surface area (Å²) in [7, 11) is 0. The molecule has 0 bridgehead atoms. The maximum atomic E-state index is 13.6. The number of fused-ring (bicyclic) bond motifs is 1. The minimum atomic E-state index is -1.12. The maximum Gasteiger partial charge on any atom is 0.410 e. The molecule has 2 atom stereocenters. The molecular formula is C37H50N8O7. The van der Waals surface area contributed by atoms with Crippen molar-refractivity contribution in [3.8, 4) is 5.75 Å². The van der Waals surface area contributed by atoms with Gasteiger partial charge in [0.2, 0.25) is 11.9 Å². The quantitative estimate of drug-likeness (QED) is 0.278. The van der Waals surface area contributed by atoms with Gasteiger partial charge in [0.05, 0.1) is 23.9 Å². The zero-order chi connectivity index (χ0) is 37.2. The van der Waals surface area contributed by atoms with Crippen LogP contribution in [0.5, 0.6) is 5.75 Å². The van der Waals surface area contributed by atoms with E-state index in [0.717, 1.165) is 42.8 Å². The van der Waals surface area contributed by atoms with Crippen LogP contribution in [0.4, 0.5) is 16.6 Å². The van der Waals surface area contributed by atoms with Gasteiger partial charge in [0.25, 0.3) is 5.91 Å². The molecule has 15 heteroatoms. The van der Waals surface area contributed by atoms with Crippen molar-refractivity contribution in [2.24, 2.45) is 5.92 Å². The van der Waals surface area contributed by atoms with E-state index in [2.05, 4.69) is 32.4 Å². The zero-order valence-corrected chi connectivity index (χ0v) is 30.8. The van der Waals surface area contributed by atoms with Crippen LogP contribution in [0.25, 0.3) is 0 Å². The first-order valence-electron chi connectivity index (χ1n) is 18.0. The first kappa shape index (κ1) is 36.9. The normalized spacial score (nSPS) is 18.7. The molecule has 52 heavy (non-hydrogen) atoms. The van der Waals surface area contributed by atoms with Crippen LogP contribution in [0.2, 0.25) is 0 Å². The van der Waals surface area contributed by atoms with Crippen molar-refractivity contribution in [3.63, 3.8) is 0 Å². The van der Waals surface area contributed by atoms with Gasteiger partial charge in [-0.2, -0.15) is 4.98 Å². The number of amides is 3. The molecule has 0 aliphatic carbocycles. The van der Waals surface area contributed by atoms with E-state index in [4.69, 9.17) is 18.9 Å². The number of nitrogens with zero attached hydrogens (tertiary/aromatic N) is 6. The lowest BCUT2D eigenvalue weighted by Gasteiger charge is -2.40. The number of benzene rings is 1. The molecule has 280 valence electrons. The molecule has 0 spiro atoms. The summed E-state index contributed by atoms with van der Waals surface area (Å²) in [6.07, 6.45) is 2.03. The average molecular weight is 719 g/mol. The summed E-state index contributed by atoms with van der Waals surface area (Å²) >= 11 is 0. The minimum absolute atomic E-state index is 0.0129. The number of oxazole rings is 1. The molecule has 3 aliphatic rings. The number of hydrogen-bond donors (Lipinski definition) is 3. The van der Waals surface area contributed by atoms with Gasteiger partial charge < -0.3 is 39.4 Å². The molecule has 2 saturated heterocycles. The Hall–Kier alpha value is -4.92. The Morgan fingerprint density at radius 2 is 1.85 bits per heavy atom. The number of aromatic nitrogens is 3. The predicted octanol–water partition coefficient (Wildman–Crippen LogP) is 3.68. The zero-order valence-electron chi connectivity index (χ0n) is 30.8. The topological polar surface area (TPSA) is 175 Å². The molecule has 15 nitrogen and oxygen atoms in total. The molecule has 2 aromatic heterocycles. The minimum Gasteiger partial charge on any atom is -0.486 e. The third-order valence-corrected chi connectivity index (χ3v) is 9.80. The van der Waals surface area contributed by atoms with Crippen molar-refractivity contribution in [1.29, 1.82) is 0 Å². The second-order valence-electron chi connectivity index (χ2n) is 15.1. The van der Waals surface area contributed by atoms with E-state index in [0.29, 0.717) is 48.7 Å². The van der Waals surface area contributed by atoms with Gasteiger partial charge in [-0.1, -0.05) is 13.0 Å². The lowest BCUT2D eigenvalue weighted by molar-refractivity contribution is -0.132. The number of aliphatic hydroxyl groups excluding tert-OH is 1. The Kier molecular flexibility index (Phi) is 10.9. The average Bonchev–Trinajstić information content (AvgIpc) is 3.50. The predicted molar refractivity (Wildman–Crippen MR) is 192 cm³/mol. The Labute approximate surface area is 304 Å². The number of aryl methyl sites for hydroxylation is 1. The molecule has 0 unspecified atom stereocenters. The van der Waals surface area contributed by atoms with Gasteiger partial charge in [0.15, 0.2) is 12.2 Å². The number of carbonyl (C=O) groups excluding carboxylic acids is 3. The smallest absolute Gasteiger partial charge is 0.410 e. The van der Waals surface area contributed by atoms with Crippen LogP contribution < -0.4 is 20.3 Å². The lowest BCUT2D eigenvalue weighted by atomic mass is 9.91. The Balaban J connectivity index is 1.16.